The summed E-state index contributed by atoms with van der Waals surface area (Å²) in [6, 6.07) is 0.650. The predicted molar refractivity (Wildman–Crippen MR) is 86.7 cm³/mol. The fourth-order valence-electron chi connectivity index (χ4n) is 5.56. The van der Waals surface area contributed by atoms with Gasteiger partial charge in [-0.15, -0.1) is 0 Å². The Kier molecular flexibility index (Phi) is 4.75. The first-order valence-electron chi connectivity index (χ1n) is 9.35. The van der Waals surface area contributed by atoms with Crippen molar-refractivity contribution in [3.63, 3.8) is 0 Å². The fourth-order valence-corrected chi connectivity index (χ4v) is 5.56. The standard InChI is InChI=1S/C19H35N/c1-13(2)20-12-17-6-4-14(3)8-18(17)11-19-10-15-5-7-16(19)9-15/h13-20H,4-12H2,1-3H3. The third kappa shape index (κ3) is 3.40. The summed E-state index contributed by atoms with van der Waals surface area (Å²) >= 11 is 0. The van der Waals surface area contributed by atoms with Gasteiger partial charge in [0.2, 0.25) is 0 Å². The van der Waals surface area contributed by atoms with E-state index in [1.54, 1.807) is 32.1 Å². The lowest BCUT2D eigenvalue weighted by molar-refractivity contribution is 0.135. The Hall–Kier alpha value is -0.0400. The first-order chi connectivity index (χ1) is 9.61. The molecule has 0 aromatic carbocycles. The van der Waals surface area contributed by atoms with E-state index in [1.165, 1.54) is 25.8 Å². The summed E-state index contributed by atoms with van der Waals surface area (Å²) in [5.74, 6) is 6.32. The number of hydrogen-bond acceptors (Lipinski definition) is 1. The van der Waals surface area contributed by atoms with Crippen LogP contribution in [0.2, 0.25) is 0 Å². The van der Waals surface area contributed by atoms with Gasteiger partial charge in [-0.1, -0.05) is 33.6 Å². The molecule has 6 unspecified atom stereocenters. The van der Waals surface area contributed by atoms with Crippen molar-refractivity contribution in [1.82, 2.24) is 5.32 Å². The van der Waals surface area contributed by atoms with Gasteiger partial charge in [-0.05, 0) is 80.6 Å². The molecule has 0 amide bonds. The smallest absolute Gasteiger partial charge is 0.00104 e. The van der Waals surface area contributed by atoms with Gasteiger partial charge in [0.15, 0.2) is 0 Å². The zero-order valence-corrected chi connectivity index (χ0v) is 13.9. The van der Waals surface area contributed by atoms with Crippen molar-refractivity contribution in [3.8, 4) is 0 Å². The average Bonchev–Trinajstić information content (AvgIpc) is 3.00. The zero-order valence-electron chi connectivity index (χ0n) is 13.9. The second kappa shape index (κ2) is 6.38. The largest absolute Gasteiger partial charge is 0.314 e. The minimum atomic E-state index is 0.650. The Bertz CT molecular complexity index is 311. The van der Waals surface area contributed by atoms with E-state index in [1.807, 2.05) is 0 Å². The van der Waals surface area contributed by atoms with Gasteiger partial charge in [-0.25, -0.2) is 0 Å². The van der Waals surface area contributed by atoms with E-state index in [2.05, 4.69) is 26.1 Å². The number of rotatable bonds is 5. The van der Waals surface area contributed by atoms with Crippen molar-refractivity contribution in [3.05, 3.63) is 0 Å². The molecule has 0 aromatic heterocycles. The van der Waals surface area contributed by atoms with Crippen LogP contribution in [-0.2, 0) is 0 Å². The van der Waals surface area contributed by atoms with Crippen LogP contribution in [-0.4, -0.2) is 12.6 Å². The van der Waals surface area contributed by atoms with Crippen LogP contribution in [0.4, 0.5) is 0 Å². The first-order valence-corrected chi connectivity index (χ1v) is 9.35. The van der Waals surface area contributed by atoms with E-state index in [4.69, 9.17) is 0 Å². The Labute approximate surface area is 126 Å². The van der Waals surface area contributed by atoms with Crippen LogP contribution in [0.1, 0.15) is 72.1 Å². The molecule has 3 fully saturated rings. The van der Waals surface area contributed by atoms with Crippen LogP contribution in [0.5, 0.6) is 0 Å². The average molecular weight is 277 g/mol. The normalized spacial score (nSPS) is 44.4. The van der Waals surface area contributed by atoms with Gasteiger partial charge >= 0.3 is 0 Å². The maximum absolute atomic E-state index is 3.72. The molecule has 0 heterocycles. The van der Waals surface area contributed by atoms with E-state index >= 15 is 0 Å². The van der Waals surface area contributed by atoms with Gasteiger partial charge in [0.25, 0.3) is 0 Å². The summed E-state index contributed by atoms with van der Waals surface area (Å²) < 4.78 is 0. The highest BCUT2D eigenvalue weighted by Gasteiger charge is 2.41. The van der Waals surface area contributed by atoms with Gasteiger partial charge in [-0.3, -0.25) is 0 Å². The molecule has 2 bridgehead atoms. The molecule has 1 nitrogen and oxygen atoms in total. The van der Waals surface area contributed by atoms with Crippen LogP contribution >= 0.6 is 0 Å². The molecule has 0 radical (unpaired) electrons. The molecule has 3 aliphatic carbocycles. The van der Waals surface area contributed by atoms with Crippen molar-refractivity contribution >= 4 is 0 Å². The number of fused-ring (bicyclic) bond motifs is 2. The van der Waals surface area contributed by atoms with Gasteiger partial charge < -0.3 is 5.32 Å². The summed E-state index contributed by atoms with van der Waals surface area (Å²) in [4.78, 5) is 0. The van der Waals surface area contributed by atoms with Crippen LogP contribution < -0.4 is 5.32 Å². The molecule has 116 valence electrons. The van der Waals surface area contributed by atoms with Gasteiger partial charge in [0.05, 0.1) is 0 Å². The first kappa shape index (κ1) is 14.9. The highest BCUT2D eigenvalue weighted by molar-refractivity contribution is 4.92. The molecule has 0 aromatic rings. The molecule has 3 saturated carbocycles. The molecule has 0 saturated heterocycles. The molecule has 0 spiro atoms. The molecule has 0 aliphatic heterocycles. The third-order valence-corrected chi connectivity index (χ3v) is 6.68. The fraction of sp³-hybridized carbons (Fsp3) is 1.00. The predicted octanol–water partition coefficient (Wildman–Crippen LogP) is 4.86. The van der Waals surface area contributed by atoms with E-state index in [0.29, 0.717) is 6.04 Å². The lowest BCUT2D eigenvalue weighted by Gasteiger charge is -2.38. The molecule has 3 aliphatic rings. The van der Waals surface area contributed by atoms with E-state index in [9.17, 15) is 0 Å². The summed E-state index contributed by atoms with van der Waals surface area (Å²) in [7, 11) is 0. The SMILES string of the molecule is CC1CCC(CNC(C)C)C(CC2CC3CCC2C3)C1. The second-order valence-corrected chi connectivity index (χ2v) is 8.67. The van der Waals surface area contributed by atoms with Crippen LogP contribution in [0.25, 0.3) is 0 Å². The lowest BCUT2D eigenvalue weighted by atomic mass is 9.69. The molecular formula is C19H35N. The van der Waals surface area contributed by atoms with Gasteiger partial charge in [-0.2, -0.15) is 0 Å². The minimum Gasteiger partial charge on any atom is -0.314 e. The number of nitrogens with one attached hydrogen (secondary N) is 1. The third-order valence-electron chi connectivity index (χ3n) is 6.68. The molecular weight excluding hydrogens is 242 g/mol. The van der Waals surface area contributed by atoms with Crippen LogP contribution in [0.15, 0.2) is 0 Å². The van der Waals surface area contributed by atoms with Crippen molar-refractivity contribution < 1.29 is 0 Å². The Morgan fingerprint density at radius 3 is 2.40 bits per heavy atom. The highest BCUT2D eigenvalue weighted by atomic mass is 14.9. The Morgan fingerprint density at radius 2 is 1.75 bits per heavy atom. The Morgan fingerprint density at radius 1 is 0.900 bits per heavy atom. The van der Waals surface area contributed by atoms with Gasteiger partial charge in [0, 0.05) is 6.04 Å². The van der Waals surface area contributed by atoms with Crippen molar-refractivity contribution in [1.29, 1.82) is 0 Å². The topological polar surface area (TPSA) is 12.0 Å². The molecule has 1 heteroatoms. The summed E-state index contributed by atoms with van der Waals surface area (Å²) in [5.41, 5.74) is 0. The highest BCUT2D eigenvalue weighted by Crippen LogP contribution is 2.52. The maximum atomic E-state index is 3.72. The van der Waals surface area contributed by atoms with E-state index in [0.717, 1.165) is 35.5 Å². The van der Waals surface area contributed by atoms with Gasteiger partial charge in [0.1, 0.15) is 0 Å². The zero-order chi connectivity index (χ0) is 14.1. The van der Waals surface area contributed by atoms with Crippen molar-refractivity contribution in [2.75, 3.05) is 6.54 Å². The van der Waals surface area contributed by atoms with E-state index < -0.39 is 0 Å². The summed E-state index contributed by atoms with van der Waals surface area (Å²) in [6.07, 6.45) is 12.3. The molecule has 1 N–H and O–H groups in total. The van der Waals surface area contributed by atoms with Crippen molar-refractivity contribution in [2.24, 2.45) is 35.5 Å². The summed E-state index contributed by atoms with van der Waals surface area (Å²) in [5, 5.41) is 3.72. The molecule has 20 heavy (non-hydrogen) atoms. The second-order valence-electron chi connectivity index (χ2n) is 8.67. The Balaban J connectivity index is 1.55. The molecule has 3 rings (SSSR count). The van der Waals surface area contributed by atoms with Crippen LogP contribution in [0.3, 0.4) is 0 Å². The van der Waals surface area contributed by atoms with Crippen LogP contribution in [0, 0.1) is 35.5 Å². The van der Waals surface area contributed by atoms with E-state index in [-0.39, 0.29) is 0 Å². The number of hydrogen-bond donors (Lipinski definition) is 1. The summed E-state index contributed by atoms with van der Waals surface area (Å²) in [6.45, 7) is 8.34. The monoisotopic (exact) mass is 277 g/mol. The maximum Gasteiger partial charge on any atom is 0.00104 e. The minimum absolute atomic E-state index is 0.650. The quantitative estimate of drug-likeness (QED) is 0.756. The molecule has 6 atom stereocenters. The lowest BCUT2D eigenvalue weighted by Crippen LogP contribution is -2.36. The van der Waals surface area contributed by atoms with Crippen molar-refractivity contribution in [2.45, 2.75) is 78.2 Å².